The number of halogens is 1. The van der Waals surface area contributed by atoms with Gasteiger partial charge in [0, 0.05) is 34.8 Å². The number of carbonyl (C=O) groups is 2. The van der Waals surface area contributed by atoms with Gasteiger partial charge in [0.25, 0.3) is 5.91 Å². The summed E-state index contributed by atoms with van der Waals surface area (Å²) in [5.41, 5.74) is 2.47. The van der Waals surface area contributed by atoms with Crippen molar-refractivity contribution < 1.29 is 24.2 Å². The number of nitrogens with one attached hydrogen (secondary N) is 1. The lowest BCUT2D eigenvalue weighted by molar-refractivity contribution is -0.119. The molecule has 8 nitrogen and oxygen atoms in total. The molecule has 1 aliphatic heterocycles. The number of anilines is 1. The van der Waals surface area contributed by atoms with Crippen LogP contribution in [0.1, 0.15) is 47.7 Å². The largest absolute Gasteiger partial charge is 0.478 e. The number of aromatic carboxylic acids is 1. The van der Waals surface area contributed by atoms with E-state index in [1.54, 1.807) is 31.2 Å². The molecule has 2 atom stereocenters. The molecule has 9 heteroatoms. The lowest BCUT2D eigenvalue weighted by atomic mass is 9.99. The van der Waals surface area contributed by atoms with Gasteiger partial charge < -0.3 is 14.6 Å². The molecular weight excluding hydrogens is 482 g/mol. The molecule has 5 rings (SSSR count). The van der Waals surface area contributed by atoms with Crippen molar-refractivity contribution in [1.82, 2.24) is 5.32 Å². The van der Waals surface area contributed by atoms with Crippen molar-refractivity contribution in [3.8, 4) is 11.3 Å². The van der Waals surface area contributed by atoms with E-state index in [1.165, 1.54) is 30.0 Å². The molecule has 1 aliphatic carbocycles. The minimum absolute atomic E-state index is 0.0856. The first-order chi connectivity index (χ1) is 17.3. The maximum absolute atomic E-state index is 13.1. The molecule has 3 N–H and O–H groups in total. The fourth-order valence-corrected chi connectivity index (χ4v) is 4.48. The highest BCUT2D eigenvalue weighted by molar-refractivity contribution is 6.31. The van der Waals surface area contributed by atoms with Gasteiger partial charge in [-0.2, -0.15) is 5.10 Å². The van der Waals surface area contributed by atoms with Crippen molar-refractivity contribution in [3.63, 3.8) is 0 Å². The van der Waals surface area contributed by atoms with Gasteiger partial charge in [0.05, 0.1) is 17.2 Å². The van der Waals surface area contributed by atoms with Crippen molar-refractivity contribution in [1.29, 1.82) is 0 Å². The Labute approximate surface area is 213 Å². The quantitative estimate of drug-likeness (QED) is 0.356. The van der Waals surface area contributed by atoms with Gasteiger partial charge >= 0.3 is 5.97 Å². The first kappa shape index (κ1) is 24.2. The lowest BCUT2D eigenvalue weighted by Crippen LogP contribution is -2.28. The molecule has 1 amide bonds. The molecule has 2 heterocycles. The fourth-order valence-electron chi connectivity index (χ4n) is 4.25. The van der Waals surface area contributed by atoms with Gasteiger partial charge in [-0.25, -0.2) is 9.80 Å². The summed E-state index contributed by atoms with van der Waals surface area (Å²) in [6.45, 7) is 2.52. The first-order valence-electron chi connectivity index (χ1n) is 11.8. The number of aliphatic hydroxyl groups excluding tert-OH is 1. The van der Waals surface area contributed by atoms with Crippen LogP contribution in [0.5, 0.6) is 0 Å². The van der Waals surface area contributed by atoms with Crippen LogP contribution in [0.15, 0.2) is 64.1 Å². The zero-order valence-corrected chi connectivity index (χ0v) is 20.4. The Kier molecular flexibility index (Phi) is 6.66. The fraction of sp³-hybridized carbons (Fsp3) is 0.296. The summed E-state index contributed by atoms with van der Waals surface area (Å²) < 4.78 is 6.05. The predicted molar refractivity (Wildman–Crippen MR) is 136 cm³/mol. The second kappa shape index (κ2) is 9.89. The third-order valence-electron chi connectivity index (χ3n) is 6.55. The summed E-state index contributed by atoms with van der Waals surface area (Å²) in [6.07, 6.45) is 1.81. The number of hydrogen-bond acceptors (Lipinski definition) is 6. The van der Waals surface area contributed by atoms with Crippen LogP contribution in [0.25, 0.3) is 11.3 Å². The highest BCUT2D eigenvalue weighted by Gasteiger charge is 2.35. The van der Waals surface area contributed by atoms with Crippen LogP contribution in [0.3, 0.4) is 0 Å². The Morgan fingerprint density at radius 3 is 2.78 bits per heavy atom. The van der Waals surface area contributed by atoms with Gasteiger partial charge in [-0.1, -0.05) is 17.7 Å². The van der Waals surface area contributed by atoms with E-state index in [-0.39, 0.29) is 11.5 Å². The number of hydrazone groups is 1. The number of carboxylic acids is 1. The third-order valence-corrected chi connectivity index (χ3v) is 6.89. The number of carbonyl (C=O) groups excluding carboxylic acids is 1. The Bertz CT molecular complexity index is 1350. The Morgan fingerprint density at radius 1 is 1.22 bits per heavy atom. The molecule has 0 bridgehead atoms. The van der Waals surface area contributed by atoms with Crippen LogP contribution in [0.4, 0.5) is 5.69 Å². The van der Waals surface area contributed by atoms with Crippen molar-refractivity contribution in [3.05, 3.63) is 76.5 Å². The second-order valence-electron chi connectivity index (χ2n) is 9.26. The average Bonchev–Trinajstić information content (AvgIpc) is 3.52. The smallest absolute Gasteiger partial charge is 0.335 e. The summed E-state index contributed by atoms with van der Waals surface area (Å²) >= 11 is 6.33. The minimum atomic E-state index is -1.07. The van der Waals surface area contributed by atoms with Crippen LogP contribution in [-0.4, -0.2) is 34.3 Å². The zero-order valence-electron chi connectivity index (χ0n) is 19.6. The Balaban J connectivity index is 1.30. The summed E-state index contributed by atoms with van der Waals surface area (Å²) in [7, 11) is 0. The van der Waals surface area contributed by atoms with Crippen LogP contribution < -0.4 is 10.3 Å². The Hall–Kier alpha value is -3.46. The third kappa shape index (κ3) is 5.06. The van der Waals surface area contributed by atoms with Crippen molar-refractivity contribution in [2.24, 2.45) is 16.9 Å². The van der Waals surface area contributed by atoms with E-state index in [4.69, 9.17) is 16.0 Å². The maximum atomic E-state index is 13.1. The number of benzene rings is 2. The average molecular weight is 508 g/mol. The highest BCUT2D eigenvalue weighted by Crippen LogP contribution is 2.33. The molecule has 0 saturated heterocycles. The highest BCUT2D eigenvalue weighted by atomic mass is 35.5. The molecule has 3 aromatic rings. The topological polar surface area (TPSA) is 115 Å². The number of hydrogen-bond donors (Lipinski definition) is 3. The van der Waals surface area contributed by atoms with E-state index in [0.717, 1.165) is 12.1 Å². The van der Waals surface area contributed by atoms with Crippen LogP contribution in [-0.2, 0) is 11.2 Å². The van der Waals surface area contributed by atoms with Crippen LogP contribution in [0, 0.1) is 11.8 Å². The van der Waals surface area contributed by atoms with Crippen LogP contribution in [0.2, 0.25) is 5.02 Å². The molecule has 0 spiro atoms. The molecule has 2 unspecified atom stereocenters. The number of rotatable bonds is 9. The molecular formula is C27H26ClN3O5. The van der Waals surface area contributed by atoms with E-state index < -0.39 is 18.1 Å². The SMILES string of the molecule is CC1=NN(c2cccc(C(=O)O)c2)C(=O)C1Cc1ccc(-c2ccc(Cl)c(C(O)NCC3CC3)c2)o1. The summed E-state index contributed by atoms with van der Waals surface area (Å²) in [6, 6.07) is 15.1. The van der Waals surface area contributed by atoms with Gasteiger partial charge in [-0.3, -0.25) is 10.1 Å². The molecule has 1 fully saturated rings. The normalized spacial score (nSPS) is 18.4. The molecule has 186 valence electrons. The summed E-state index contributed by atoms with van der Waals surface area (Å²) in [4.78, 5) is 24.4. The maximum Gasteiger partial charge on any atom is 0.335 e. The number of aliphatic hydroxyl groups is 1. The van der Waals surface area contributed by atoms with Crippen molar-refractivity contribution >= 4 is 34.9 Å². The van der Waals surface area contributed by atoms with E-state index in [2.05, 4.69) is 10.4 Å². The van der Waals surface area contributed by atoms with E-state index in [0.29, 0.717) is 45.8 Å². The Morgan fingerprint density at radius 2 is 2.03 bits per heavy atom. The molecule has 1 aromatic heterocycles. The monoisotopic (exact) mass is 507 g/mol. The second-order valence-corrected chi connectivity index (χ2v) is 9.67. The standard InChI is InChI=1S/C27H26ClN3O5/c1-15-21(26(33)31(30-15)19-4-2-3-18(11-19)27(34)35)13-20-8-10-24(36-20)17-7-9-23(28)22(12-17)25(32)29-14-16-5-6-16/h2-4,7-12,16,21,25,29,32H,5-6,13-14H2,1H3,(H,34,35). The number of amides is 1. The van der Waals surface area contributed by atoms with Gasteiger partial charge in [0.2, 0.25) is 0 Å². The molecule has 36 heavy (non-hydrogen) atoms. The number of furan rings is 1. The van der Waals surface area contributed by atoms with Gasteiger partial charge in [-0.15, -0.1) is 0 Å². The zero-order chi connectivity index (χ0) is 25.4. The van der Waals surface area contributed by atoms with Crippen molar-refractivity contribution in [2.75, 3.05) is 11.6 Å². The molecule has 2 aromatic carbocycles. The van der Waals surface area contributed by atoms with Crippen LogP contribution >= 0.6 is 11.6 Å². The van der Waals surface area contributed by atoms with Gasteiger partial charge in [-0.05, 0) is 74.2 Å². The van der Waals surface area contributed by atoms with E-state index in [9.17, 15) is 19.8 Å². The number of carboxylic acid groups (broad SMARTS) is 1. The molecule has 0 radical (unpaired) electrons. The van der Waals surface area contributed by atoms with E-state index >= 15 is 0 Å². The van der Waals surface area contributed by atoms with Crippen molar-refractivity contribution in [2.45, 2.75) is 32.4 Å². The first-order valence-corrected chi connectivity index (χ1v) is 12.2. The minimum Gasteiger partial charge on any atom is -0.478 e. The predicted octanol–water partition coefficient (Wildman–Crippen LogP) is 4.87. The van der Waals surface area contributed by atoms with E-state index in [1.807, 2.05) is 18.2 Å². The summed E-state index contributed by atoms with van der Waals surface area (Å²) in [5.74, 6) is 0.00152. The number of nitrogens with zero attached hydrogens (tertiary/aromatic N) is 2. The van der Waals surface area contributed by atoms with Gasteiger partial charge in [0.1, 0.15) is 17.7 Å². The van der Waals surface area contributed by atoms with Gasteiger partial charge in [0.15, 0.2) is 0 Å². The summed E-state index contributed by atoms with van der Waals surface area (Å²) in [5, 5.41) is 29.0. The lowest BCUT2D eigenvalue weighted by Gasteiger charge is -2.15. The molecule has 1 saturated carbocycles. The molecule has 2 aliphatic rings.